The summed E-state index contributed by atoms with van der Waals surface area (Å²) in [7, 11) is 3.07. The lowest BCUT2D eigenvalue weighted by Crippen LogP contribution is -2.60. The third kappa shape index (κ3) is 5.27. The third-order valence-corrected chi connectivity index (χ3v) is 6.97. The van der Waals surface area contributed by atoms with Crippen LogP contribution in [0.2, 0.25) is 0 Å². The van der Waals surface area contributed by atoms with Crippen molar-refractivity contribution < 1.29 is 28.6 Å². The Kier molecular flexibility index (Phi) is 7.73. The van der Waals surface area contributed by atoms with Gasteiger partial charge in [-0.1, -0.05) is 17.7 Å². The van der Waals surface area contributed by atoms with Crippen LogP contribution in [0.15, 0.2) is 42.5 Å². The number of hydrogen-bond acceptors (Lipinski definition) is 6. The number of methoxy groups -OCH3 is 2. The molecule has 0 aromatic heterocycles. The Bertz CT molecular complexity index is 1160. The van der Waals surface area contributed by atoms with E-state index in [0.717, 1.165) is 5.56 Å². The zero-order valence-electron chi connectivity index (χ0n) is 22.1. The fraction of sp³-hybridized carbons (Fsp3) is 0.464. The molecule has 1 spiro atoms. The van der Waals surface area contributed by atoms with Crippen molar-refractivity contribution in [1.82, 2.24) is 15.1 Å². The van der Waals surface area contributed by atoms with Gasteiger partial charge >= 0.3 is 0 Å². The van der Waals surface area contributed by atoms with Gasteiger partial charge in [0, 0.05) is 43.1 Å². The van der Waals surface area contributed by atoms with Crippen molar-refractivity contribution in [3.05, 3.63) is 59.2 Å². The van der Waals surface area contributed by atoms with Gasteiger partial charge in [0.2, 0.25) is 5.91 Å². The highest BCUT2D eigenvalue weighted by Gasteiger charge is 2.54. The van der Waals surface area contributed by atoms with Crippen LogP contribution in [0.4, 0.5) is 0 Å². The van der Waals surface area contributed by atoms with E-state index < -0.39 is 11.8 Å². The van der Waals surface area contributed by atoms with Crippen LogP contribution < -0.4 is 14.8 Å². The largest absolute Gasteiger partial charge is 0.493 e. The predicted molar refractivity (Wildman–Crippen MR) is 138 cm³/mol. The number of hydrogen-bond donors (Lipinski definition) is 1. The maximum Gasteiger partial charge on any atom is 0.256 e. The van der Waals surface area contributed by atoms with Crippen LogP contribution in [0, 0.1) is 6.92 Å². The van der Waals surface area contributed by atoms with Gasteiger partial charge in [-0.25, -0.2) is 0 Å². The number of carbonyl (C=O) groups excluding carboxylic acids is 3. The zero-order valence-corrected chi connectivity index (χ0v) is 22.1. The lowest BCUT2D eigenvalue weighted by Gasteiger charge is -2.44. The summed E-state index contributed by atoms with van der Waals surface area (Å²) in [5.74, 6) is 0.401. The summed E-state index contributed by atoms with van der Waals surface area (Å²) in [6.07, 6.45) is 0.796. The number of benzene rings is 2. The van der Waals surface area contributed by atoms with Gasteiger partial charge in [0.15, 0.2) is 11.5 Å². The standard InChI is InChI=1S/C28H35N3O6/c1-18(2)29-25(32)22-17-37-28(31(22)27(34)20-8-6-19(3)7-9-20)12-14-30(15-13-28)26(33)21-10-11-23(35-4)24(16-21)36-5/h6-11,16,18,22H,12-15,17H2,1-5H3,(H,29,32). The van der Waals surface area contributed by atoms with Gasteiger partial charge < -0.3 is 24.4 Å². The fourth-order valence-electron chi connectivity index (χ4n) is 4.99. The van der Waals surface area contributed by atoms with Crippen molar-refractivity contribution in [2.24, 2.45) is 0 Å². The first-order chi connectivity index (χ1) is 17.7. The average molecular weight is 510 g/mol. The number of nitrogens with zero attached hydrogens (tertiary/aromatic N) is 2. The van der Waals surface area contributed by atoms with Crippen LogP contribution >= 0.6 is 0 Å². The Morgan fingerprint density at radius 1 is 0.946 bits per heavy atom. The fourth-order valence-corrected chi connectivity index (χ4v) is 4.99. The first-order valence-electron chi connectivity index (χ1n) is 12.5. The third-order valence-electron chi connectivity index (χ3n) is 6.97. The molecule has 2 aliphatic heterocycles. The van der Waals surface area contributed by atoms with E-state index in [-0.39, 0.29) is 30.4 Å². The number of ether oxygens (including phenoxy) is 3. The van der Waals surface area contributed by atoms with Crippen molar-refractivity contribution in [3.8, 4) is 11.5 Å². The van der Waals surface area contributed by atoms with Crippen LogP contribution in [0.5, 0.6) is 11.5 Å². The minimum absolute atomic E-state index is 0.0682. The van der Waals surface area contributed by atoms with E-state index in [1.54, 1.807) is 47.2 Å². The Labute approximate surface area is 217 Å². The van der Waals surface area contributed by atoms with Gasteiger partial charge in [0.05, 0.1) is 20.8 Å². The number of aryl methyl sites for hydroxylation is 1. The Hall–Kier alpha value is -3.59. The summed E-state index contributed by atoms with van der Waals surface area (Å²) in [6.45, 7) is 6.59. The molecule has 198 valence electrons. The molecule has 9 nitrogen and oxygen atoms in total. The number of likely N-dealkylation sites (tertiary alicyclic amines) is 1. The monoisotopic (exact) mass is 509 g/mol. The predicted octanol–water partition coefficient (Wildman–Crippen LogP) is 3.01. The maximum atomic E-state index is 13.8. The normalized spacial score (nSPS) is 18.7. The minimum atomic E-state index is -0.963. The van der Waals surface area contributed by atoms with Gasteiger partial charge in [-0.05, 0) is 51.1 Å². The molecule has 2 aliphatic rings. The van der Waals surface area contributed by atoms with Crippen molar-refractivity contribution in [1.29, 1.82) is 0 Å². The van der Waals surface area contributed by atoms with E-state index in [4.69, 9.17) is 14.2 Å². The lowest BCUT2D eigenvalue weighted by molar-refractivity contribution is -0.128. The summed E-state index contributed by atoms with van der Waals surface area (Å²) >= 11 is 0. The molecule has 1 unspecified atom stereocenters. The van der Waals surface area contributed by atoms with E-state index in [1.807, 2.05) is 32.9 Å². The molecule has 2 saturated heterocycles. The summed E-state index contributed by atoms with van der Waals surface area (Å²) in [6, 6.07) is 11.6. The molecule has 2 fully saturated rings. The molecule has 2 aromatic carbocycles. The molecule has 3 amide bonds. The van der Waals surface area contributed by atoms with Crippen molar-refractivity contribution in [3.63, 3.8) is 0 Å². The Balaban J connectivity index is 1.56. The van der Waals surface area contributed by atoms with E-state index in [0.29, 0.717) is 48.6 Å². The topological polar surface area (TPSA) is 97.4 Å². The molecule has 0 aliphatic carbocycles. The Morgan fingerprint density at radius 2 is 1.57 bits per heavy atom. The summed E-state index contributed by atoms with van der Waals surface area (Å²) in [4.78, 5) is 43.5. The zero-order chi connectivity index (χ0) is 26.7. The van der Waals surface area contributed by atoms with Gasteiger partial charge in [-0.2, -0.15) is 0 Å². The van der Waals surface area contributed by atoms with Crippen molar-refractivity contribution in [2.75, 3.05) is 33.9 Å². The highest BCUT2D eigenvalue weighted by atomic mass is 16.5. The second-order valence-corrected chi connectivity index (χ2v) is 9.84. The van der Waals surface area contributed by atoms with Crippen LogP contribution in [-0.4, -0.2) is 79.2 Å². The molecule has 2 aromatic rings. The highest BCUT2D eigenvalue weighted by molar-refractivity contribution is 5.99. The average Bonchev–Trinajstić information content (AvgIpc) is 3.26. The van der Waals surface area contributed by atoms with E-state index in [1.165, 1.54) is 7.11 Å². The number of rotatable bonds is 6. The second-order valence-electron chi connectivity index (χ2n) is 9.84. The van der Waals surface area contributed by atoms with Crippen LogP contribution in [0.25, 0.3) is 0 Å². The summed E-state index contributed by atoms with van der Waals surface area (Å²) in [5.41, 5.74) is 1.07. The van der Waals surface area contributed by atoms with E-state index in [9.17, 15) is 14.4 Å². The van der Waals surface area contributed by atoms with Crippen LogP contribution in [-0.2, 0) is 9.53 Å². The van der Waals surface area contributed by atoms with Crippen LogP contribution in [0.1, 0.15) is 53.0 Å². The van der Waals surface area contributed by atoms with Gasteiger partial charge in [0.1, 0.15) is 11.8 Å². The quantitative estimate of drug-likeness (QED) is 0.643. The highest BCUT2D eigenvalue weighted by Crippen LogP contribution is 2.39. The second kappa shape index (κ2) is 10.8. The molecule has 2 heterocycles. The number of nitrogens with one attached hydrogen (secondary N) is 1. The summed E-state index contributed by atoms with van der Waals surface area (Å²) < 4.78 is 16.9. The first kappa shape index (κ1) is 26.5. The smallest absolute Gasteiger partial charge is 0.256 e. The van der Waals surface area contributed by atoms with Gasteiger partial charge in [-0.3, -0.25) is 19.3 Å². The van der Waals surface area contributed by atoms with Crippen molar-refractivity contribution in [2.45, 2.75) is 51.4 Å². The van der Waals surface area contributed by atoms with E-state index >= 15 is 0 Å². The summed E-state index contributed by atoms with van der Waals surface area (Å²) in [5, 5.41) is 2.92. The lowest BCUT2D eigenvalue weighted by atomic mass is 9.96. The van der Waals surface area contributed by atoms with Crippen LogP contribution in [0.3, 0.4) is 0 Å². The molecular weight excluding hydrogens is 474 g/mol. The SMILES string of the molecule is COc1ccc(C(=O)N2CCC3(CC2)OCC(C(=O)NC(C)C)N3C(=O)c2ccc(C)cc2)cc1OC. The number of carbonyl (C=O) groups is 3. The number of amides is 3. The molecule has 0 bridgehead atoms. The molecule has 0 saturated carbocycles. The maximum absolute atomic E-state index is 13.8. The van der Waals surface area contributed by atoms with Gasteiger partial charge in [0.25, 0.3) is 11.8 Å². The molecule has 4 rings (SSSR count). The minimum Gasteiger partial charge on any atom is -0.493 e. The number of piperidine rings is 1. The Morgan fingerprint density at radius 3 is 2.16 bits per heavy atom. The van der Waals surface area contributed by atoms with E-state index in [2.05, 4.69) is 5.32 Å². The van der Waals surface area contributed by atoms with Crippen molar-refractivity contribution >= 4 is 17.7 Å². The molecule has 1 N–H and O–H groups in total. The van der Waals surface area contributed by atoms with Gasteiger partial charge in [-0.15, -0.1) is 0 Å². The molecule has 9 heteroatoms. The molecule has 0 radical (unpaired) electrons. The molecule has 1 atom stereocenters. The first-order valence-corrected chi connectivity index (χ1v) is 12.5. The molecule has 37 heavy (non-hydrogen) atoms. The molecular formula is C28H35N3O6.